The average molecular weight is 358 g/mol. The third-order valence-corrected chi connectivity index (χ3v) is 3.30. The van der Waals surface area contributed by atoms with Crippen LogP contribution < -0.4 is 5.32 Å². The van der Waals surface area contributed by atoms with Crippen LogP contribution in [0.25, 0.3) is 0 Å². The first-order chi connectivity index (χ1) is 8.59. The number of amides is 1. The second-order valence-electron chi connectivity index (χ2n) is 3.43. The van der Waals surface area contributed by atoms with Crippen LogP contribution in [0.2, 0.25) is 0 Å². The first kappa shape index (κ1) is 12.7. The van der Waals surface area contributed by atoms with Gasteiger partial charge in [0, 0.05) is 6.20 Å². The van der Waals surface area contributed by atoms with E-state index in [1.807, 2.05) is 0 Å². The van der Waals surface area contributed by atoms with Crippen LogP contribution in [0, 0.1) is 9.39 Å². The van der Waals surface area contributed by atoms with Crippen molar-refractivity contribution in [2.45, 2.75) is 0 Å². The van der Waals surface area contributed by atoms with E-state index < -0.39 is 11.7 Å². The van der Waals surface area contributed by atoms with Gasteiger partial charge < -0.3 is 10.4 Å². The quantitative estimate of drug-likeness (QED) is 0.812. The first-order valence-corrected chi connectivity index (χ1v) is 6.07. The van der Waals surface area contributed by atoms with Gasteiger partial charge in [-0.25, -0.2) is 9.37 Å². The van der Waals surface area contributed by atoms with Crippen LogP contribution in [-0.4, -0.2) is 16.0 Å². The molecule has 0 bridgehead atoms. The van der Waals surface area contributed by atoms with Crippen LogP contribution in [0.15, 0.2) is 36.5 Å². The molecule has 0 aliphatic rings. The molecular weight excluding hydrogens is 350 g/mol. The third-order valence-electron chi connectivity index (χ3n) is 2.20. The van der Waals surface area contributed by atoms with Gasteiger partial charge in [0.15, 0.2) is 5.69 Å². The molecule has 0 radical (unpaired) electrons. The van der Waals surface area contributed by atoms with Crippen LogP contribution in [0.1, 0.15) is 10.5 Å². The molecule has 0 aliphatic heterocycles. The Hall–Kier alpha value is -1.70. The Labute approximate surface area is 116 Å². The Bertz CT molecular complexity index is 604. The molecule has 1 amide bonds. The van der Waals surface area contributed by atoms with Crippen molar-refractivity contribution < 1.29 is 14.3 Å². The minimum atomic E-state index is -0.586. The van der Waals surface area contributed by atoms with Crippen LogP contribution >= 0.6 is 22.6 Å². The maximum atomic E-state index is 13.3. The molecule has 0 saturated carbocycles. The summed E-state index contributed by atoms with van der Waals surface area (Å²) in [5.41, 5.74) is 0.239. The largest absolute Gasteiger partial charge is 0.505 e. The number of nitrogens with zero attached hydrogens (tertiary/aromatic N) is 1. The fraction of sp³-hybridized carbons (Fsp3) is 0. The number of hydrogen-bond acceptors (Lipinski definition) is 3. The molecule has 0 saturated heterocycles. The zero-order valence-electron chi connectivity index (χ0n) is 9.02. The number of anilines is 1. The van der Waals surface area contributed by atoms with E-state index >= 15 is 0 Å². The number of pyridine rings is 1. The van der Waals surface area contributed by atoms with E-state index in [4.69, 9.17) is 0 Å². The van der Waals surface area contributed by atoms with E-state index in [2.05, 4.69) is 10.3 Å². The van der Waals surface area contributed by atoms with E-state index in [0.29, 0.717) is 9.26 Å². The average Bonchev–Trinajstić information content (AvgIpc) is 2.35. The van der Waals surface area contributed by atoms with Crippen LogP contribution in [0.4, 0.5) is 10.1 Å². The fourth-order valence-corrected chi connectivity index (χ4v) is 1.85. The van der Waals surface area contributed by atoms with Crippen molar-refractivity contribution in [3.63, 3.8) is 0 Å². The number of hydrogen-bond donors (Lipinski definition) is 2. The molecule has 0 unspecified atom stereocenters. The molecule has 0 aliphatic carbocycles. The number of benzene rings is 1. The fourth-order valence-electron chi connectivity index (χ4n) is 1.35. The minimum absolute atomic E-state index is 0.0995. The zero-order valence-corrected chi connectivity index (χ0v) is 11.2. The summed E-state index contributed by atoms with van der Waals surface area (Å²) in [7, 11) is 0. The Morgan fingerprint density at radius 1 is 1.33 bits per heavy atom. The van der Waals surface area contributed by atoms with E-state index in [9.17, 15) is 14.3 Å². The van der Waals surface area contributed by atoms with Crippen LogP contribution in [-0.2, 0) is 0 Å². The highest BCUT2D eigenvalue weighted by Crippen LogP contribution is 2.22. The Morgan fingerprint density at radius 2 is 2.11 bits per heavy atom. The first-order valence-electron chi connectivity index (χ1n) is 4.99. The summed E-state index contributed by atoms with van der Waals surface area (Å²) in [5, 5.41) is 12.0. The van der Waals surface area contributed by atoms with Crippen molar-refractivity contribution in [2.75, 3.05) is 5.32 Å². The summed E-state index contributed by atoms with van der Waals surface area (Å²) in [6.07, 6.45) is 1.39. The van der Waals surface area contributed by atoms with Gasteiger partial charge >= 0.3 is 0 Å². The normalized spacial score (nSPS) is 10.1. The third kappa shape index (κ3) is 2.58. The Balaban J connectivity index is 2.27. The lowest BCUT2D eigenvalue weighted by molar-refractivity contribution is 0.101. The van der Waals surface area contributed by atoms with Gasteiger partial charge in [-0.1, -0.05) is 6.07 Å². The van der Waals surface area contributed by atoms with Gasteiger partial charge in [-0.05, 0) is 46.9 Å². The molecule has 2 rings (SSSR count). The summed E-state index contributed by atoms with van der Waals surface area (Å²) in [6, 6.07) is 7.24. The number of aromatic hydroxyl groups is 1. The van der Waals surface area contributed by atoms with Crippen molar-refractivity contribution in [3.8, 4) is 5.75 Å². The second-order valence-corrected chi connectivity index (χ2v) is 4.51. The number of carbonyl (C=O) groups excluding carboxylic acids is 1. The standard InChI is InChI=1S/C12H8FIN2O2/c13-7-3-1-4-8(10(7)14)16-12(18)11-9(17)5-2-6-15-11/h1-6,17H,(H,16,18). The molecule has 92 valence electrons. The van der Waals surface area contributed by atoms with E-state index in [-0.39, 0.29) is 11.4 Å². The molecule has 1 heterocycles. The molecule has 0 spiro atoms. The molecule has 18 heavy (non-hydrogen) atoms. The van der Waals surface area contributed by atoms with Gasteiger partial charge in [0.25, 0.3) is 5.91 Å². The minimum Gasteiger partial charge on any atom is -0.505 e. The second kappa shape index (κ2) is 5.30. The van der Waals surface area contributed by atoms with Gasteiger partial charge in [0.2, 0.25) is 0 Å². The van der Waals surface area contributed by atoms with Crippen molar-refractivity contribution in [1.82, 2.24) is 4.98 Å². The summed E-state index contributed by atoms with van der Waals surface area (Å²) in [6.45, 7) is 0. The maximum Gasteiger partial charge on any atom is 0.278 e. The Morgan fingerprint density at radius 3 is 2.83 bits per heavy atom. The zero-order chi connectivity index (χ0) is 13.1. The SMILES string of the molecule is O=C(Nc1cccc(F)c1I)c1ncccc1O. The molecule has 4 nitrogen and oxygen atoms in total. The number of aromatic nitrogens is 1. The maximum absolute atomic E-state index is 13.3. The molecular formula is C12H8FIN2O2. The van der Waals surface area contributed by atoms with E-state index in [0.717, 1.165) is 0 Å². The van der Waals surface area contributed by atoms with Crippen molar-refractivity contribution in [1.29, 1.82) is 0 Å². The smallest absolute Gasteiger partial charge is 0.278 e. The highest BCUT2D eigenvalue weighted by molar-refractivity contribution is 14.1. The topological polar surface area (TPSA) is 62.2 Å². The van der Waals surface area contributed by atoms with Gasteiger partial charge in [-0.15, -0.1) is 0 Å². The molecule has 1 aromatic heterocycles. The van der Waals surface area contributed by atoms with Crippen molar-refractivity contribution >= 4 is 34.2 Å². The highest BCUT2D eigenvalue weighted by Gasteiger charge is 2.14. The van der Waals surface area contributed by atoms with Gasteiger partial charge in [-0.3, -0.25) is 4.79 Å². The van der Waals surface area contributed by atoms with Crippen molar-refractivity contribution in [2.24, 2.45) is 0 Å². The van der Waals surface area contributed by atoms with Gasteiger partial charge in [-0.2, -0.15) is 0 Å². The van der Waals surface area contributed by atoms with Crippen LogP contribution in [0.3, 0.4) is 0 Å². The predicted molar refractivity (Wildman–Crippen MR) is 73.0 cm³/mol. The lowest BCUT2D eigenvalue weighted by atomic mass is 10.2. The van der Waals surface area contributed by atoms with E-state index in [1.165, 1.54) is 30.5 Å². The van der Waals surface area contributed by atoms with Gasteiger partial charge in [0.1, 0.15) is 11.6 Å². The number of carbonyl (C=O) groups is 1. The summed E-state index contributed by atoms with van der Waals surface area (Å²) >= 11 is 1.79. The molecule has 6 heteroatoms. The molecule has 2 aromatic rings. The number of nitrogens with one attached hydrogen (secondary N) is 1. The van der Waals surface area contributed by atoms with Gasteiger partial charge in [0.05, 0.1) is 9.26 Å². The number of rotatable bonds is 2. The van der Waals surface area contributed by atoms with Crippen molar-refractivity contribution in [3.05, 3.63) is 51.6 Å². The summed E-state index contributed by atoms with van der Waals surface area (Å²) in [5.74, 6) is -1.23. The monoisotopic (exact) mass is 358 g/mol. The predicted octanol–water partition coefficient (Wildman–Crippen LogP) is 2.78. The lowest BCUT2D eigenvalue weighted by Gasteiger charge is -2.08. The van der Waals surface area contributed by atoms with E-state index in [1.54, 1.807) is 28.7 Å². The van der Waals surface area contributed by atoms with Crippen LogP contribution in [0.5, 0.6) is 5.75 Å². The summed E-state index contributed by atoms with van der Waals surface area (Å²) < 4.78 is 13.6. The summed E-state index contributed by atoms with van der Waals surface area (Å²) in [4.78, 5) is 15.6. The molecule has 0 atom stereocenters. The molecule has 0 fully saturated rings. The molecule has 1 aromatic carbocycles. The molecule has 2 N–H and O–H groups in total. The lowest BCUT2D eigenvalue weighted by Crippen LogP contribution is -2.14. The highest BCUT2D eigenvalue weighted by atomic mass is 127. The number of halogens is 2. The Kier molecular flexibility index (Phi) is 3.75.